The largest absolute Gasteiger partial charge is 0.508 e. The Morgan fingerprint density at radius 2 is 1.94 bits per heavy atom. The summed E-state index contributed by atoms with van der Waals surface area (Å²) >= 11 is 1.46. The first-order valence-corrected chi connectivity index (χ1v) is 6.60. The van der Waals surface area contributed by atoms with Crippen LogP contribution >= 0.6 is 24.2 Å². The SMILES string of the molecule is CCNCCNC(=O)CSc1ccc(O)cc1.Cl. The molecule has 1 aromatic rings. The van der Waals surface area contributed by atoms with Crippen molar-refractivity contribution < 1.29 is 9.90 Å². The van der Waals surface area contributed by atoms with E-state index in [1.807, 2.05) is 6.92 Å². The molecule has 18 heavy (non-hydrogen) atoms. The van der Waals surface area contributed by atoms with Gasteiger partial charge in [-0.1, -0.05) is 6.92 Å². The minimum absolute atomic E-state index is 0. The topological polar surface area (TPSA) is 61.4 Å². The molecule has 0 saturated carbocycles. The molecule has 0 spiro atoms. The molecule has 0 aliphatic carbocycles. The number of nitrogens with one attached hydrogen (secondary N) is 2. The van der Waals surface area contributed by atoms with E-state index in [0.717, 1.165) is 18.0 Å². The fourth-order valence-corrected chi connectivity index (χ4v) is 1.94. The first-order chi connectivity index (χ1) is 8.22. The number of halogens is 1. The standard InChI is InChI=1S/C12H18N2O2S.ClH/c1-2-13-7-8-14-12(16)9-17-11-5-3-10(15)4-6-11;/h3-6,13,15H,2,7-9H2,1H3,(H,14,16);1H. The van der Waals surface area contributed by atoms with Gasteiger partial charge in [-0.25, -0.2) is 0 Å². The van der Waals surface area contributed by atoms with E-state index in [0.29, 0.717) is 12.3 Å². The van der Waals surface area contributed by atoms with Crippen molar-refractivity contribution in [2.75, 3.05) is 25.4 Å². The lowest BCUT2D eigenvalue weighted by Gasteiger charge is -2.05. The predicted octanol–water partition coefficient (Wildman–Crippen LogP) is 1.63. The van der Waals surface area contributed by atoms with E-state index < -0.39 is 0 Å². The molecule has 0 aliphatic rings. The lowest BCUT2D eigenvalue weighted by atomic mass is 10.3. The number of carbonyl (C=O) groups is 1. The van der Waals surface area contributed by atoms with E-state index >= 15 is 0 Å². The second-order valence-corrected chi connectivity index (χ2v) is 4.53. The number of rotatable bonds is 7. The Balaban J connectivity index is 0.00000289. The van der Waals surface area contributed by atoms with Gasteiger partial charge < -0.3 is 15.7 Å². The van der Waals surface area contributed by atoms with Crippen LogP contribution in [0.4, 0.5) is 0 Å². The molecule has 6 heteroatoms. The van der Waals surface area contributed by atoms with Gasteiger partial charge in [-0.05, 0) is 30.8 Å². The van der Waals surface area contributed by atoms with Gasteiger partial charge in [0.25, 0.3) is 0 Å². The number of aromatic hydroxyl groups is 1. The third-order valence-corrected chi connectivity index (χ3v) is 3.09. The number of phenols is 1. The second kappa shape index (κ2) is 10.1. The molecule has 0 fully saturated rings. The third kappa shape index (κ3) is 7.42. The van der Waals surface area contributed by atoms with E-state index in [1.165, 1.54) is 11.8 Å². The number of thioether (sulfide) groups is 1. The lowest BCUT2D eigenvalue weighted by molar-refractivity contribution is -0.118. The van der Waals surface area contributed by atoms with Crippen molar-refractivity contribution in [3.8, 4) is 5.75 Å². The summed E-state index contributed by atoms with van der Waals surface area (Å²) in [7, 11) is 0. The molecule has 3 N–H and O–H groups in total. The lowest BCUT2D eigenvalue weighted by Crippen LogP contribution is -2.32. The van der Waals surface area contributed by atoms with Gasteiger partial charge in [-0.2, -0.15) is 0 Å². The second-order valence-electron chi connectivity index (χ2n) is 3.49. The summed E-state index contributed by atoms with van der Waals surface area (Å²) < 4.78 is 0. The number of likely N-dealkylation sites (N-methyl/N-ethyl adjacent to an activating group) is 1. The van der Waals surface area contributed by atoms with Gasteiger partial charge in [0, 0.05) is 18.0 Å². The van der Waals surface area contributed by atoms with E-state index in [4.69, 9.17) is 5.11 Å². The molecule has 0 aliphatic heterocycles. The highest BCUT2D eigenvalue weighted by atomic mass is 35.5. The van der Waals surface area contributed by atoms with Gasteiger partial charge in [-0.3, -0.25) is 4.79 Å². The summed E-state index contributed by atoms with van der Waals surface area (Å²) in [6, 6.07) is 6.83. The van der Waals surface area contributed by atoms with Crippen molar-refractivity contribution in [2.45, 2.75) is 11.8 Å². The van der Waals surface area contributed by atoms with Crippen LogP contribution in [0.3, 0.4) is 0 Å². The van der Waals surface area contributed by atoms with Crippen LogP contribution in [-0.4, -0.2) is 36.4 Å². The average Bonchev–Trinajstić information content (AvgIpc) is 2.34. The van der Waals surface area contributed by atoms with Gasteiger partial charge >= 0.3 is 0 Å². The third-order valence-electron chi connectivity index (χ3n) is 2.08. The monoisotopic (exact) mass is 290 g/mol. The molecule has 0 unspecified atom stereocenters. The molecule has 0 heterocycles. The molecule has 0 saturated heterocycles. The molecule has 1 amide bonds. The Morgan fingerprint density at radius 1 is 1.28 bits per heavy atom. The van der Waals surface area contributed by atoms with Crippen LogP contribution in [-0.2, 0) is 4.79 Å². The van der Waals surface area contributed by atoms with Crippen molar-refractivity contribution >= 4 is 30.1 Å². The number of hydrogen-bond donors (Lipinski definition) is 3. The molecule has 4 nitrogen and oxygen atoms in total. The molecule has 102 valence electrons. The van der Waals surface area contributed by atoms with E-state index in [2.05, 4.69) is 10.6 Å². The van der Waals surface area contributed by atoms with Crippen LogP contribution in [0.25, 0.3) is 0 Å². The van der Waals surface area contributed by atoms with Crippen LogP contribution in [0.15, 0.2) is 29.2 Å². The highest BCUT2D eigenvalue weighted by Crippen LogP contribution is 2.20. The molecule has 1 aromatic carbocycles. The summed E-state index contributed by atoms with van der Waals surface area (Å²) in [5, 5.41) is 15.1. The fourth-order valence-electron chi connectivity index (χ4n) is 1.21. The Morgan fingerprint density at radius 3 is 2.56 bits per heavy atom. The zero-order valence-corrected chi connectivity index (χ0v) is 11.9. The van der Waals surface area contributed by atoms with Crippen LogP contribution in [0, 0.1) is 0 Å². The number of phenolic OH excluding ortho intramolecular Hbond substituents is 1. The van der Waals surface area contributed by atoms with Crippen LogP contribution in [0.1, 0.15) is 6.92 Å². The molecule has 0 radical (unpaired) electrons. The highest BCUT2D eigenvalue weighted by molar-refractivity contribution is 8.00. The average molecular weight is 291 g/mol. The Kier molecular flexibility index (Phi) is 9.55. The van der Waals surface area contributed by atoms with Gasteiger partial charge in [0.15, 0.2) is 0 Å². The van der Waals surface area contributed by atoms with Crippen molar-refractivity contribution in [3.05, 3.63) is 24.3 Å². The Bertz CT molecular complexity index is 346. The van der Waals surface area contributed by atoms with Crippen LogP contribution in [0.2, 0.25) is 0 Å². The Hall–Kier alpha value is -0.910. The van der Waals surface area contributed by atoms with Gasteiger partial charge in [0.1, 0.15) is 5.75 Å². The normalized spacial score (nSPS) is 9.61. The van der Waals surface area contributed by atoms with Gasteiger partial charge in [0.2, 0.25) is 5.91 Å². The minimum atomic E-state index is 0. The number of benzene rings is 1. The summed E-state index contributed by atoms with van der Waals surface area (Å²) in [6.07, 6.45) is 0. The van der Waals surface area contributed by atoms with E-state index in [1.54, 1.807) is 24.3 Å². The summed E-state index contributed by atoms with van der Waals surface area (Å²) in [4.78, 5) is 12.4. The maximum atomic E-state index is 11.4. The number of hydrogen-bond acceptors (Lipinski definition) is 4. The van der Waals surface area contributed by atoms with Gasteiger partial charge in [-0.15, -0.1) is 24.2 Å². The molecule has 0 aromatic heterocycles. The Labute approximate surface area is 118 Å². The summed E-state index contributed by atoms with van der Waals surface area (Å²) in [6.45, 7) is 4.40. The first kappa shape index (κ1) is 17.1. The van der Waals surface area contributed by atoms with Crippen LogP contribution in [0.5, 0.6) is 5.75 Å². The van der Waals surface area contributed by atoms with Crippen molar-refractivity contribution in [1.82, 2.24) is 10.6 Å². The summed E-state index contributed by atoms with van der Waals surface area (Å²) in [5.41, 5.74) is 0. The maximum absolute atomic E-state index is 11.4. The summed E-state index contributed by atoms with van der Waals surface area (Å²) in [5.74, 6) is 0.669. The smallest absolute Gasteiger partial charge is 0.230 e. The molecular formula is C12H19ClN2O2S. The van der Waals surface area contributed by atoms with E-state index in [-0.39, 0.29) is 24.1 Å². The van der Waals surface area contributed by atoms with Gasteiger partial charge in [0.05, 0.1) is 5.75 Å². The number of carbonyl (C=O) groups excluding carboxylic acids is 1. The fraction of sp³-hybridized carbons (Fsp3) is 0.417. The molecule has 0 bridgehead atoms. The quantitative estimate of drug-likeness (QED) is 0.528. The molecule has 0 atom stereocenters. The minimum Gasteiger partial charge on any atom is -0.508 e. The first-order valence-electron chi connectivity index (χ1n) is 5.61. The molecular weight excluding hydrogens is 272 g/mol. The van der Waals surface area contributed by atoms with Crippen LogP contribution < -0.4 is 10.6 Å². The van der Waals surface area contributed by atoms with Crippen molar-refractivity contribution in [3.63, 3.8) is 0 Å². The maximum Gasteiger partial charge on any atom is 0.230 e. The van der Waals surface area contributed by atoms with E-state index in [9.17, 15) is 4.79 Å². The molecule has 1 rings (SSSR count). The van der Waals surface area contributed by atoms with Crippen molar-refractivity contribution in [2.24, 2.45) is 0 Å². The number of amides is 1. The highest BCUT2D eigenvalue weighted by Gasteiger charge is 2.01. The zero-order chi connectivity index (χ0) is 12.5. The van der Waals surface area contributed by atoms with Crippen molar-refractivity contribution in [1.29, 1.82) is 0 Å². The predicted molar refractivity (Wildman–Crippen MR) is 77.6 cm³/mol. The zero-order valence-electron chi connectivity index (χ0n) is 10.3.